The maximum absolute atomic E-state index is 11.6. The zero-order chi connectivity index (χ0) is 20.4. The van der Waals surface area contributed by atoms with E-state index in [4.69, 9.17) is 14.2 Å². The molecule has 27 heavy (non-hydrogen) atoms. The van der Waals surface area contributed by atoms with Crippen LogP contribution < -0.4 is 14.2 Å². The van der Waals surface area contributed by atoms with Gasteiger partial charge < -0.3 is 19.3 Å². The molecule has 0 heterocycles. The van der Waals surface area contributed by atoms with Gasteiger partial charge in [0, 0.05) is 0 Å². The van der Waals surface area contributed by atoms with Gasteiger partial charge in [-0.05, 0) is 52.2 Å². The molecule has 1 aromatic carbocycles. The Morgan fingerprint density at radius 1 is 0.815 bits per heavy atom. The lowest BCUT2D eigenvalue weighted by Crippen LogP contribution is -2.18. The standard InChI is InChI=1S/C22H36O5/c1-7-10-15(4)25-19-13-18(22(23)24)14-20(26-16(5)11-8-2)21(19)27-17(6)12-9-3/h13-17H,7-12H2,1-6H3,(H,23,24). The summed E-state index contributed by atoms with van der Waals surface area (Å²) in [7, 11) is 0. The van der Waals surface area contributed by atoms with Crippen molar-refractivity contribution < 1.29 is 24.1 Å². The monoisotopic (exact) mass is 380 g/mol. The minimum Gasteiger partial charge on any atom is -0.487 e. The van der Waals surface area contributed by atoms with Gasteiger partial charge in [-0.25, -0.2) is 4.79 Å². The summed E-state index contributed by atoms with van der Waals surface area (Å²) in [6.07, 6.45) is 5.53. The molecule has 1 N–H and O–H groups in total. The lowest BCUT2D eigenvalue weighted by Gasteiger charge is -2.24. The molecule has 0 fully saturated rings. The average Bonchev–Trinajstić information content (AvgIpc) is 2.57. The number of hydrogen-bond acceptors (Lipinski definition) is 4. The van der Waals surface area contributed by atoms with Crippen LogP contribution in [0.5, 0.6) is 17.2 Å². The van der Waals surface area contributed by atoms with Crippen LogP contribution in [0.2, 0.25) is 0 Å². The highest BCUT2D eigenvalue weighted by molar-refractivity contribution is 5.89. The minimum absolute atomic E-state index is 0.0154. The van der Waals surface area contributed by atoms with Crippen molar-refractivity contribution in [2.24, 2.45) is 0 Å². The quantitative estimate of drug-likeness (QED) is 0.449. The Balaban J connectivity index is 3.34. The fourth-order valence-corrected chi connectivity index (χ4v) is 3.02. The lowest BCUT2D eigenvalue weighted by molar-refractivity contribution is 0.0694. The van der Waals surface area contributed by atoms with Crippen LogP contribution in [0.1, 0.15) is 90.4 Å². The summed E-state index contributed by atoms with van der Waals surface area (Å²) < 4.78 is 18.3. The SMILES string of the molecule is CCCC(C)Oc1cc(C(=O)O)cc(OC(C)CCC)c1OC(C)CCC. The first-order chi connectivity index (χ1) is 12.8. The van der Waals surface area contributed by atoms with Gasteiger partial charge >= 0.3 is 5.97 Å². The maximum Gasteiger partial charge on any atom is 0.335 e. The Hall–Kier alpha value is -1.91. The van der Waals surface area contributed by atoms with Crippen LogP contribution in [0.4, 0.5) is 0 Å². The van der Waals surface area contributed by atoms with Gasteiger partial charge in [0.15, 0.2) is 11.5 Å². The molecule has 0 radical (unpaired) electrons. The van der Waals surface area contributed by atoms with Gasteiger partial charge in [0.25, 0.3) is 0 Å². The van der Waals surface area contributed by atoms with Crippen molar-refractivity contribution in [2.45, 2.75) is 98.4 Å². The van der Waals surface area contributed by atoms with Crippen molar-refractivity contribution in [3.05, 3.63) is 17.7 Å². The molecule has 0 saturated carbocycles. The van der Waals surface area contributed by atoms with Crippen LogP contribution in [-0.4, -0.2) is 29.4 Å². The highest BCUT2D eigenvalue weighted by Crippen LogP contribution is 2.41. The van der Waals surface area contributed by atoms with E-state index in [0.29, 0.717) is 17.2 Å². The van der Waals surface area contributed by atoms with Crippen LogP contribution in [-0.2, 0) is 0 Å². The molecule has 0 spiro atoms. The van der Waals surface area contributed by atoms with E-state index in [-0.39, 0.29) is 23.9 Å². The number of carboxylic acid groups (broad SMARTS) is 1. The van der Waals surface area contributed by atoms with E-state index in [0.717, 1.165) is 38.5 Å². The Labute approximate surface area is 164 Å². The molecular weight excluding hydrogens is 344 g/mol. The van der Waals surface area contributed by atoms with Crippen molar-refractivity contribution in [3.8, 4) is 17.2 Å². The number of carboxylic acids is 1. The van der Waals surface area contributed by atoms with Crippen molar-refractivity contribution in [1.82, 2.24) is 0 Å². The third-order valence-electron chi connectivity index (χ3n) is 4.33. The van der Waals surface area contributed by atoms with E-state index in [2.05, 4.69) is 20.8 Å². The Kier molecular flexibility index (Phi) is 10.0. The summed E-state index contributed by atoms with van der Waals surface area (Å²) >= 11 is 0. The fourth-order valence-electron chi connectivity index (χ4n) is 3.02. The molecule has 5 nitrogen and oxygen atoms in total. The summed E-state index contributed by atoms with van der Waals surface area (Å²) in [4.78, 5) is 11.6. The summed E-state index contributed by atoms with van der Waals surface area (Å²) in [6, 6.07) is 3.08. The zero-order valence-corrected chi connectivity index (χ0v) is 17.7. The molecule has 1 rings (SSSR count). The molecule has 0 saturated heterocycles. The van der Waals surface area contributed by atoms with Crippen molar-refractivity contribution in [3.63, 3.8) is 0 Å². The normalized spacial score (nSPS) is 14.3. The van der Waals surface area contributed by atoms with Crippen LogP contribution >= 0.6 is 0 Å². The first-order valence-electron chi connectivity index (χ1n) is 10.2. The molecule has 5 heteroatoms. The van der Waals surface area contributed by atoms with Crippen LogP contribution in [0.15, 0.2) is 12.1 Å². The first-order valence-corrected chi connectivity index (χ1v) is 10.2. The molecule has 3 atom stereocenters. The molecular formula is C22H36O5. The summed E-state index contributed by atoms with van der Waals surface area (Å²) in [5.41, 5.74) is 0.142. The number of hydrogen-bond donors (Lipinski definition) is 1. The third-order valence-corrected chi connectivity index (χ3v) is 4.33. The van der Waals surface area contributed by atoms with Gasteiger partial charge in [-0.15, -0.1) is 0 Å². The fraction of sp³-hybridized carbons (Fsp3) is 0.682. The Morgan fingerprint density at radius 3 is 1.52 bits per heavy atom. The molecule has 0 aliphatic rings. The van der Waals surface area contributed by atoms with Crippen LogP contribution in [0.25, 0.3) is 0 Å². The second-order valence-corrected chi connectivity index (χ2v) is 7.26. The van der Waals surface area contributed by atoms with E-state index in [1.54, 1.807) is 12.1 Å². The van der Waals surface area contributed by atoms with Gasteiger partial charge in [-0.1, -0.05) is 40.0 Å². The largest absolute Gasteiger partial charge is 0.487 e. The number of rotatable bonds is 13. The minimum atomic E-state index is -1.01. The third kappa shape index (κ3) is 7.69. The topological polar surface area (TPSA) is 65.0 Å². The van der Waals surface area contributed by atoms with Gasteiger partial charge in [0.2, 0.25) is 5.75 Å². The van der Waals surface area contributed by atoms with E-state index in [1.807, 2.05) is 20.8 Å². The first kappa shape index (κ1) is 23.1. The van der Waals surface area contributed by atoms with Gasteiger partial charge in [0.05, 0.1) is 23.9 Å². The molecule has 1 aromatic rings. The van der Waals surface area contributed by atoms with Crippen molar-refractivity contribution in [2.75, 3.05) is 0 Å². The second-order valence-electron chi connectivity index (χ2n) is 7.26. The Bertz CT molecular complexity index is 549. The van der Waals surface area contributed by atoms with E-state index >= 15 is 0 Å². The van der Waals surface area contributed by atoms with Gasteiger partial charge in [-0.3, -0.25) is 0 Å². The molecule has 0 amide bonds. The number of ether oxygens (including phenoxy) is 3. The van der Waals surface area contributed by atoms with E-state index in [1.165, 1.54) is 0 Å². The smallest absolute Gasteiger partial charge is 0.335 e. The number of aromatic carboxylic acids is 1. The molecule has 0 bridgehead atoms. The van der Waals surface area contributed by atoms with Crippen molar-refractivity contribution in [1.29, 1.82) is 0 Å². The molecule has 3 unspecified atom stereocenters. The predicted molar refractivity (Wildman–Crippen MR) is 108 cm³/mol. The van der Waals surface area contributed by atoms with E-state index < -0.39 is 5.97 Å². The average molecular weight is 381 g/mol. The lowest BCUT2D eigenvalue weighted by atomic mass is 10.1. The van der Waals surface area contributed by atoms with Crippen LogP contribution in [0.3, 0.4) is 0 Å². The summed E-state index contributed by atoms with van der Waals surface area (Å²) in [6.45, 7) is 12.3. The predicted octanol–water partition coefficient (Wildman–Crippen LogP) is 6.09. The van der Waals surface area contributed by atoms with Gasteiger partial charge in [-0.2, -0.15) is 0 Å². The summed E-state index contributed by atoms with van der Waals surface area (Å²) in [5.74, 6) is 0.381. The Morgan fingerprint density at radius 2 is 1.19 bits per heavy atom. The number of carbonyl (C=O) groups is 1. The highest BCUT2D eigenvalue weighted by Gasteiger charge is 2.22. The number of benzene rings is 1. The maximum atomic E-state index is 11.6. The summed E-state index contributed by atoms with van der Waals surface area (Å²) in [5, 5.41) is 9.51. The van der Waals surface area contributed by atoms with Crippen LogP contribution in [0, 0.1) is 0 Å². The zero-order valence-electron chi connectivity index (χ0n) is 17.7. The molecule has 0 aliphatic carbocycles. The van der Waals surface area contributed by atoms with Gasteiger partial charge in [0.1, 0.15) is 0 Å². The molecule has 0 aromatic heterocycles. The van der Waals surface area contributed by atoms with Crippen molar-refractivity contribution >= 4 is 5.97 Å². The molecule has 154 valence electrons. The second kappa shape index (κ2) is 11.7. The molecule has 0 aliphatic heterocycles. The van der Waals surface area contributed by atoms with E-state index in [9.17, 15) is 9.90 Å². The highest BCUT2D eigenvalue weighted by atomic mass is 16.6.